The predicted octanol–water partition coefficient (Wildman–Crippen LogP) is 0.593. The highest BCUT2D eigenvalue weighted by atomic mass is 16.4. The fourth-order valence-electron chi connectivity index (χ4n) is 3.61. The van der Waals surface area contributed by atoms with E-state index in [1.54, 1.807) is 23.6 Å². The van der Waals surface area contributed by atoms with Crippen molar-refractivity contribution in [2.24, 2.45) is 12.5 Å². The molecule has 1 aliphatic heterocycles. The summed E-state index contributed by atoms with van der Waals surface area (Å²) in [7, 11) is 1.74. The molecule has 2 aliphatic rings. The third-order valence-electron chi connectivity index (χ3n) is 4.91. The van der Waals surface area contributed by atoms with Gasteiger partial charge in [0, 0.05) is 19.6 Å². The SMILES string of the molecule is Cc1c(C(=O)N2CC[C@]3(C(=O)O)CCC[C@H]23)nnn1C. The highest BCUT2D eigenvalue weighted by molar-refractivity contribution is 5.94. The molecule has 2 fully saturated rings. The summed E-state index contributed by atoms with van der Waals surface area (Å²) in [5, 5.41) is 17.3. The van der Waals surface area contributed by atoms with Crippen LogP contribution in [0.3, 0.4) is 0 Å². The first-order valence-corrected chi connectivity index (χ1v) is 6.88. The Morgan fingerprint density at radius 3 is 2.75 bits per heavy atom. The van der Waals surface area contributed by atoms with Crippen LogP contribution >= 0.6 is 0 Å². The molecule has 3 rings (SSSR count). The molecule has 2 heterocycles. The monoisotopic (exact) mass is 278 g/mol. The lowest BCUT2D eigenvalue weighted by Gasteiger charge is -2.28. The Morgan fingerprint density at radius 2 is 2.15 bits per heavy atom. The van der Waals surface area contributed by atoms with Gasteiger partial charge in [0.1, 0.15) is 0 Å². The second kappa shape index (κ2) is 4.29. The van der Waals surface area contributed by atoms with Crippen molar-refractivity contribution in [2.75, 3.05) is 6.54 Å². The van der Waals surface area contributed by atoms with Gasteiger partial charge in [-0.1, -0.05) is 11.6 Å². The molecule has 7 heteroatoms. The zero-order valence-electron chi connectivity index (χ0n) is 11.7. The first-order valence-electron chi connectivity index (χ1n) is 6.88. The number of amides is 1. The average molecular weight is 278 g/mol. The summed E-state index contributed by atoms with van der Waals surface area (Å²) in [5.74, 6) is -0.961. The van der Waals surface area contributed by atoms with E-state index in [1.165, 1.54) is 0 Å². The molecule has 1 amide bonds. The summed E-state index contributed by atoms with van der Waals surface area (Å²) in [5.41, 5.74) is 0.299. The first-order chi connectivity index (χ1) is 9.47. The van der Waals surface area contributed by atoms with E-state index in [4.69, 9.17) is 0 Å². The van der Waals surface area contributed by atoms with Crippen molar-refractivity contribution >= 4 is 11.9 Å². The van der Waals surface area contributed by atoms with Crippen molar-refractivity contribution in [3.63, 3.8) is 0 Å². The zero-order chi connectivity index (χ0) is 14.5. The maximum Gasteiger partial charge on any atom is 0.311 e. The summed E-state index contributed by atoms with van der Waals surface area (Å²) < 4.78 is 1.56. The van der Waals surface area contributed by atoms with Crippen LogP contribution in [0, 0.1) is 12.3 Å². The van der Waals surface area contributed by atoms with Crippen LogP contribution in [0.4, 0.5) is 0 Å². The maximum atomic E-state index is 12.6. The Hall–Kier alpha value is -1.92. The van der Waals surface area contributed by atoms with Crippen LogP contribution in [0.2, 0.25) is 0 Å². The number of aryl methyl sites for hydroxylation is 1. The Balaban J connectivity index is 1.91. The summed E-state index contributed by atoms with van der Waals surface area (Å²) >= 11 is 0. The molecule has 1 N–H and O–H groups in total. The number of fused-ring (bicyclic) bond motifs is 1. The lowest BCUT2D eigenvalue weighted by molar-refractivity contribution is -0.149. The minimum atomic E-state index is -0.772. The van der Waals surface area contributed by atoms with Gasteiger partial charge in [-0.2, -0.15) is 0 Å². The van der Waals surface area contributed by atoms with Crippen LogP contribution in [0.1, 0.15) is 41.9 Å². The number of aromatic nitrogens is 3. The van der Waals surface area contributed by atoms with Gasteiger partial charge in [-0.3, -0.25) is 14.3 Å². The number of hydrogen-bond donors (Lipinski definition) is 1. The Kier molecular flexibility index (Phi) is 2.81. The number of carbonyl (C=O) groups is 2. The lowest BCUT2D eigenvalue weighted by Crippen LogP contribution is -2.43. The number of aliphatic carboxylic acids is 1. The quantitative estimate of drug-likeness (QED) is 0.855. The normalized spacial score (nSPS) is 28.7. The zero-order valence-corrected chi connectivity index (χ0v) is 11.7. The van der Waals surface area contributed by atoms with Crippen molar-refractivity contribution < 1.29 is 14.7 Å². The van der Waals surface area contributed by atoms with Gasteiger partial charge in [0.05, 0.1) is 11.1 Å². The maximum absolute atomic E-state index is 12.6. The molecule has 7 nitrogen and oxygen atoms in total. The van der Waals surface area contributed by atoms with E-state index in [9.17, 15) is 14.7 Å². The van der Waals surface area contributed by atoms with Gasteiger partial charge in [0.15, 0.2) is 5.69 Å². The van der Waals surface area contributed by atoms with Gasteiger partial charge in [0.25, 0.3) is 5.91 Å². The van der Waals surface area contributed by atoms with Gasteiger partial charge in [-0.15, -0.1) is 5.10 Å². The number of likely N-dealkylation sites (tertiary alicyclic amines) is 1. The molecular formula is C13H18N4O3. The molecule has 1 saturated heterocycles. The number of carbonyl (C=O) groups excluding carboxylic acids is 1. The number of carboxylic acid groups (broad SMARTS) is 1. The van der Waals surface area contributed by atoms with E-state index in [2.05, 4.69) is 10.3 Å². The molecule has 0 bridgehead atoms. The van der Waals surface area contributed by atoms with Gasteiger partial charge in [-0.05, 0) is 26.2 Å². The van der Waals surface area contributed by atoms with Crippen LogP contribution < -0.4 is 0 Å². The molecule has 1 aliphatic carbocycles. The standard InChI is InChI=1S/C13H18N4O3/c1-8-10(14-15-16(8)2)11(18)17-7-6-13(12(19)20)5-3-4-9(13)17/h9H,3-7H2,1-2H3,(H,19,20)/t9-,13+/m0/s1. The largest absolute Gasteiger partial charge is 0.481 e. The first kappa shape index (κ1) is 13.1. The topological polar surface area (TPSA) is 88.3 Å². The smallest absolute Gasteiger partial charge is 0.311 e. The molecule has 20 heavy (non-hydrogen) atoms. The Bertz CT molecular complexity index is 582. The van der Waals surface area contributed by atoms with Crippen LogP contribution in [0.15, 0.2) is 0 Å². The van der Waals surface area contributed by atoms with Crippen molar-refractivity contribution in [3.05, 3.63) is 11.4 Å². The highest BCUT2D eigenvalue weighted by Gasteiger charge is 2.57. The number of hydrogen-bond acceptors (Lipinski definition) is 4. The summed E-state index contributed by atoms with van der Waals surface area (Å²) in [6, 6.07) is -0.200. The molecule has 0 unspecified atom stereocenters. The predicted molar refractivity (Wildman–Crippen MR) is 69.1 cm³/mol. The fraction of sp³-hybridized carbons (Fsp3) is 0.692. The van der Waals surface area contributed by atoms with Gasteiger partial charge >= 0.3 is 5.97 Å². The minimum Gasteiger partial charge on any atom is -0.481 e. The molecule has 108 valence electrons. The lowest BCUT2D eigenvalue weighted by atomic mass is 9.82. The van der Waals surface area contributed by atoms with Gasteiger partial charge < -0.3 is 10.0 Å². The molecule has 0 radical (unpaired) electrons. The number of carboxylic acids is 1. The molecule has 1 saturated carbocycles. The minimum absolute atomic E-state index is 0.189. The fourth-order valence-corrected chi connectivity index (χ4v) is 3.61. The molecule has 0 aromatic carbocycles. The number of nitrogens with zero attached hydrogens (tertiary/aromatic N) is 4. The van der Waals surface area contributed by atoms with E-state index in [1.807, 2.05) is 0 Å². The third-order valence-corrected chi connectivity index (χ3v) is 4.91. The summed E-state index contributed by atoms with van der Waals surface area (Å²) in [6.45, 7) is 2.29. The summed E-state index contributed by atoms with van der Waals surface area (Å²) in [4.78, 5) is 25.9. The molecule has 2 atom stereocenters. The van der Waals surface area contributed by atoms with Gasteiger partial charge in [-0.25, -0.2) is 0 Å². The molecule has 1 aromatic heterocycles. The van der Waals surface area contributed by atoms with E-state index >= 15 is 0 Å². The van der Waals surface area contributed by atoms with Crippen LogP contribution in [-0.2, 0) is 11.8 Å². The highest BCUT2D eigenvalue weighted by Crippen LogP contribution is 2.49. The van der Waals surface area contributed by atoms with E-state index in [0.717, 1.165) is 12.8 Å². The second-order valence-corrected chi connectivity index (χ2v) is 5.76. The average Bonchev–Trinajstić information content (AvgIpc) is 3.04. The number of rotatable bonds is 2. The van der Waals surface area contributed by atoms with Crippen molar-refractivity contribution in [3.8, 4) is 0 Å². The third kappa shape index (κ3) is 1.58. The molecular weight excluding hydrogens is 260 g/mol. The second-order valence-electron chi connectivity index (χ2n) is 5.76. The summed E-state index contributed by atoms with van der Waals surface area (Å²) in [6.07, 6.45) is 2.83. The van der Waals surface area contributed by atoms with E-state index in [-0.39, 0.29) is 11.9 Å². The van der Waals surface area contributed by atoms with Crippen molar-refractivity contribution in [1.82, 2.24) is 19.9 Å². The van der Waals surface area contributed by atoms with Crippen molar-refractivity contribution in [2.45, 2.75) is 38.6 Å². The van der Waals surface area contributed by atoms with E-state index < -0.39 is 11.4 Å². The Labute approximate surface area is 116 Å². The van der Waals surface area contributed by atoms with Gasteiger partial charge in [0.2, 0.25) is 0 Å². The molecule has 1 aromatic rings. The van der Waals surface area contributed by atoms with Crippen LogP contribution in [0.25, 0.3) is 0 Å². The molecule has 0 spiro atoms. The van der Waals surface area contributed by atoms with Crippen LogP contribution in [-0.4, -0.2) is 49.5 Å². The van der Waals surface area contributed by atoms with E-state index in [0.29, 0.717) is 30.8 Å². The Morgan fingerprint density at radius 1 is 1.40 bits per heavy atom. The van der Waals surface area contributed by atoms with Crippen molar-refractivity contribution in [1.29, 1.82) is 0 Å². The van der Waals surface area contributed by atoms with Crippen LogP contribution in [0.5, 0.6) is 0 Å².